The van der Waals surface area contributed by atoms with Gasteiger partial charge in [-0.05, 0) is 31.5 Å². The zero-order valence-corrected chi connectivity index (χ0v) is 11.3. The van der Waals surface area contributed by atoms with Gasteiger partial charge in [-0.2, -0.15) is 0 Å². The van der Waals surface area contributed by atoms with Crippen molar-refractivity contribution in [3.05, 3.63) is 23.8 Å². The summed E-state index contributed by atoms with van der Waals surface area (Å²) in [5, 5.41) is 15.3. The molecule has 1 aromatic rings. The fourth-order valence-corrected chi connectivity index (χ4v) is 1.67. The van der Waals surface area contributed by atoms with Crippen molar-refractivity contribution in [2.24, 2.45) is 0 Å². The molecule has 6 heteroatoms. The van der Waals surface area contributed by atoms with Gasteiger partial charge in [0, 0.05) is 24.3 Å². The van der Waals surface area contributed by atoms with E-state index in [1.54, 1.807) is 25.3 Å². The summed E-state index contributed by atoms with van der Waals surface area (Å²) in [6.07, 6.45) is -0.355. The highest BCUT2D eigenvalue weighted by Crippen LogP contribution is 2.26. The SMILES string of the molecule is CCNC(=O)NCCC(O)c1cc(OC)ccc1N. The molecule has 0 aliphatic rings. The van der Waals surface area contributed by atoms with E-state index in [0.29, 0.717) is 36.5 Å². The maximum atomic E-state index is 11.2. The molecule has 1 atom stereocenters. The molecular formula is C13H21N3O3. The number of carbonyl (C=O) groups excluding carboxylic acids is 1. The van der Waals surface area contributed by atoms with Crippen LogP contribution >= 0.6 is 0 Å². The molecule has 1 aromatic carbocycles. The Hall–Kier alpha value is -1.95. The Morgan fingerprint density at radius 3 is 2.84 bits per heavy atom. The van der Waals surface area contributed by atoms with E-state index in [2.05, 4.69) is 10.6 Å². The normalized spacial score (nSPS) is 11.7. The number of rotatable bonds is 6. The molecule has 0 saturated heterocycles. The summed E-state index contributed by atoms with van der Waals surface area (Å²) in [6.45, 7) is 2.77. The number of carbonyl (C=O) groups is 1. The number of nitrogens with two attached hydrogens (primary N) is 1. The number of hydrogen-bond acceptors (Lipinski definition) is 4. The zero-order valence-electron chi connectivity index (χ0n) is 11.3. The molecule has 0 radical (unpaired) electrons. The summed E-state index contributed by atoms with van der Waals surface area (Å²) in [6, 6.07) is 4.88. The van der Waals surface area contributed by atoms with Gasteiger partial charge >= 0.3 is 6.03 Å². The summed E-state index contributed by atoms with van der Waals surface area (Å²) in [7, 11) is 1.55. The predicted octanol–water partition coefficient (Wildman–Crippen LogP) is 1.02. The van der Waals surface area contributed by atoms with Gasteiger partial charge in [0.05, 0.1) is 13.2 Å². The lowest BCUT2D eigenvalue weighted by molar-refractivity contribution is 0.167. The Morgan fingerprint density at radius 2 is 2.21 bits per heavy atom. The third-order valence-corrected chi connectivity index (χ3v) is 2.69. The van der Waals surface area contributed by atoms with Crippen LogP contribution in [0.3, 0.4) is 0 Å². The number of benzene rings is 1. The lowest BCUT2D eigenvalue weighted by Crippen LogP contribution is -2.36. The van der Waals surface area contributed by atoms with Gasteiger partial charge in [0.2, 0.25) is 0 Å². The molecule has 0 spiro atoms. The standard InChI is InChI=1S/C13H21N3O3/c1-3-15-13(18)16-7-6-12(17)10-8-9(19-2)4-5-11(10)14/h4-5,8,12,17H,3,6-7,14H2,1-2H3,(H2,15,16,18). The molecule has 106 valence electrons. The van der Waals surface area contributed by atoms with Gasteiger partial charge in [-0.15, -0.1) is 0 Å². The molecule has 6 nitrogen and oxygen atoms in total. The molecule has 0 saturated carbocycles. The average molecular weight is 267 g/mol. The fraction of sp³-hybridized carbons (Fsp3) is 0.462. The summed E-state index contributed by atoms with van der Waals surface area (Å²) in [4.78, 5) is 11.2. The first kappa shape index (κ1) is 15.1. The smallest absolute Gasteiger partial charge is 0.314 e. The Balaban J connectivity index is 2.53. The number of methoxy groups -OCH3 is 1. The minimum Gasteiger partial charge on any atom is -0.497 e. The highest BCUT2D eigenvalue weighted by Gasteiger charge is 2.12. The van der Waals surface area contributed by atoms with Crippen LogP contribution in [0.4, 0.5) is 10.5 Å². The molecule has 19 heavy (non-hydrogen) atoms. The van der Waals surface area contributed by atoms with Gasteiger partial charge in [-0.3, -0.25) is 0 Å². The Kier molecular flexibility index (Phi) is 5.95. The van der Waals surface area contributed by atoms with E-state index in [0.717, 1.165) is 0 Å². The maximum absolute atomic E-state index is 11.2. The van der Waals surface area contributed by atoms with Gasteiger partial charge < -0.3 is 26.2 Å². The highest BCUT2D eigenvalue weighted by molar-refractivity contribution is 5.73. The number of nitrogens with one attached hydrogen (secondary N) is 2. The molecule has 5 N–H and O–H groups in total. The number of urea groups is 1. The molecule has 1 rings (SSSR count). The average Bonchev–Trinajstić information content (AvgIpc) is 2.39. The second-order valence-electron chi connectivity index (χ2n) is 4.09. The molecule has 0 fully saturated rings. The lowest BCUT2D eigenvalue weighted by atomic mass is 10.0. The lowest BCUT2D eigenvalue weighted by Gasteiger charge is -2.15. The van der Waals surface area contributed by atoms with Gasteiger partial charge in [0.25, 0.3) is 0 Å². The van der Waals surface area contributed by atoms with Crippen LogP contribution in [0.1, 0.15) is 25.0 Å². The van der Waals surface area contributed by atoms with Crippen molar-refractivity contribution in [2.75, 3.05) is 25.9 Å². The maximum Gasteiger partial charge on any atom is 0.314 e. The molecule has 0 aliphatic carbocycles. The van der Waals surface area contributed by atoms with Crippen LogP contribution in [0.2, 0.25) is 0 Å². The van der Waals surface area contributed by atoms with Crippen LogP contribution in [-0.2, 0) is 0 Å². The number of aliphatic hydroxyl groups excluding tert-OH is 1. The van der Waals surface area contributed by atoms with Gasteiger partial charge in [0.1, 0.15) is 5.75 Å². The first-order valence-electron chi connectivity index (χ1n) is 6.21. The molecular weight excluding hydrogens is 246 g/mol. The van der Waals surface area contributed by atoms with E-state index in [9.17, 15) is 9.90 Å². The van der Waals surface area contributed by atoms with E-state index in [-0.39, 0.29) is 6.03 Å². The number of ether oxygens (including phenoxy) is 1. The van der Waals surface area contributed by atoms with E-state index >= 15 is 0 Å². The summed E-state index contributed by atoms with van der Waals surface area (Å²) < 4.78 is 5.09. The minimum atomic E-state index is -0.739. The van der Waals surface area contributed by atoms with Crippen LogP contribution in [-0.4, -0.2) is 31.3 Å². The zero-order chi connectivity index (χ0) is 14.3. The Labute approximate surface area is 112 Å². The van der Waals surface area contributed by atoms with Crippen LogP contribution in [0, 0.1) is 0 Å². The van der Waals surface area contributed by atoms with Crippen LogP contribution < -0.4 is 21.1 Å². The number of anilines is 1. The molecule has 0 aromatic heterocycles. The Morgan fingerprint density at radius 1 is 1.47 bits per heavy atom. The van der Waals surface area contributed by atoms with Crippen molar-refractivity contribution in [1.82, 2.24) is 10.6 Å². The van der Waals surface area contributed by atoms with Crippen LogP contribution in [0.5, 0.6) is 5.75 Å². The number of nitrogen functional groups attached to an aromatic ring is 1. The monoisotopic (exact) mass is 267 g/mol. The predicted molar refractivity (Wildman–Crippen MR) is 74.1 cm³/mol. The molecule has 2 amide bonds. The summed E-state index contributed by atoms with van der Waals surface area (Å²) >= 11 is 0. The first-order chi connectivity index (χ1) is 9.08. The third-order valence-electron chi connectivity index (χ3n) is 2.69. The molecule has 0 heterocycles. The van der Waals surface area contributed by atoms with E-state index in [1.807, 2.05) is 6.92 Å². The summed E-state index contributed by atoms with van der Waals surface area (Å²) in [5.74, 6) is 0.639. The summed E-state index contributed by atoms with van der Waals surface area (Å²) in [5.41, 5.74) is 6.92. The van der Waals surface area contributed by atoms with E-state index < -0.39 is 6.10 Å². The second-order valence-corrected chi connectivity index (χ2v) is 4.09. The minimum absolute atomic E-state index is 0.242. The van der Waals surface area contributed by atoms with Gasteiger partial charge in [-0.25, -0.2) is 4.79 Å². The molecule has 1 unspecified atom stereocenters. The van der Waals surface area contributed by atoms with Gasteiger partial charge in [0.15, 0.2) is 0 Å². The van der Waals surface area contributed by atoms with Crippen molar-refractivity contribution < 1.29 is 14.6 Å². The quantitative estimate of drug-likeness (QED) is 0.578. The van der Waals surface area contributed by atoms with Crippen molar-refractivity contribution in [3.8, 4) is 5.75 Å². The highest BCUT2D eigenvalue weighted by atomic mass is 16.5. The molecule has 0 bridgehead atoms. The van der Waals surface area contributed by atoms with Crippen molar-refractivity contribution in [2.45, 2.75) is 19.4 Å². The topological polar surface area (TPSA) is 96.6 Å². The van der Waals surface area contributed by atoms with Gasteiger partial charge in [-0.1, -0.05) is 0 Å². The first-order valence-corrected chi connectivity index (χ1v) is 6.21. The fourth-order valence-electron chi connectivity index (χ4n) is 1.67. The van der Waals surface area contributed by atoms with E-state index in [4.69, 9.17) is 10.5 Å². The largest absolute Gasteiger partial charge is 0.497 e. The van der Waals surface area contributed by atoms with E-state index in [1.165, 1.54) is 0 Å². The Bertz CT molecular complexity index is 424. The van der Waals surface area contributed by atoms with Crippen LogP contribution in [0.15, 0.2) is 18.2 Å². The second kappa shape index (κ2) is 7.48. The number of aliphatic hydroxyl groups is 1. The van der Waals surface area contributed by atoms with Crippen molar-refractivity contribution in [3.63, 3.8) is 0 Å². The number of amides is 2. The number of hydrogen-bond donors (Lipinski definition) is 4. The third kappa shape index (κ3) is 4.67. The van der Waals surface area contributed by atoms with Crippen molar-refractivity contribution >= 4 is 11.7 Å². The van der Waals surface area contributed by atoms with Crippen molar-refractivity contribution in [1.29, 1.82) is 0 Å². The molecule has 0 aliphatic heterocycles. The van der Waals surface area contributed by atoms with Crippen LogP contribution in [0.25, 0.3) is 0 Å².